The molecule has 0 bridgehead atoms. The van der Waals surface area contributed by atoms with Crippen LogP contribution in [0.25, 0.3) is 0 Å². The molecule has 0 fully saturated rings. The van der Waals surface area contributed by atoms with Crippen molar-refractivity contribution in [2.24, 2.45) is 0 Å². The molecule has 0 aromatic carbocycles. The fourth-order valence-electron chi connectivity index (χ4n) is 0.466. The molecule has 0 saturated carbocycles. The van der Waals surface area contributed by atoms with Gasteiger partial charge in [-0.2, -0.15) is 0 Å². The maximum Gasteiger partial charge on any atom is 0.341 e. The van der Waals surface area contributed by atoms with Gasteiger partial charge in [0.1, 0.15) is 0 Å². The van der Waals surface area contributed by atoms with Crippen molar-refractivity contribution in [1.82, 2.24) is 0 Å². The average Bonchev–Trinajstić information content (AvgIpc) is 2.00. The smallest absolute Gasteiger partial charge is 0.341 e. The van der Waals surface area contributed by atoms with Gasteiger partial charge in [-0.05, 0) is 0 Å². The monoisotopic (exact) mass is 226 g/mol. The van der Waals surface area contributed by atoms with Gasteiger partial charge in [-0.1, -0.05) is 42.4 Å². The molecule has 0 spiro atoms. The van der Waals surface area contributed by atoms with Crippen molar-refractivity contribution in [3.05, 3.63) is 0 Å². The predicted molar refractivity (Wildman–Crippen MR) is 56.7 cm³/mol. The SMILES string of the molecule is COC(=O)C(F)CSSC(C)(C)C. The Hall–Kier alpha value is 0.1000. The highest BCUT2D eigenvalue weighted by Gasteiger charge is 2.19. The topological polar surface area (TPSA) is 26.3 Å². The van der Waals surface area contributed by atoms with E-state index in [1.165, 1.54) is 17.9 Å². The molecule has 0 aliphatic rings. The minimum absolute atomic E-state index is 0.0838. The van der Waals surface area contributed by atoms with E-state index in [1.807, 2.05) is 20.8 Å². The van der Waals surface area contributed by atoms with Crippen molar-refractivity contribution < 1.29 is 13.9 Å². The van der Waals surface area contributed by atoms with Crippen molar-refractivity contribution in [2.45, 2.75) is 31.7 Å². The number of rotatable bonds is 4. The van der Waals surface area contributed by atoms with E-state index in [-0.39, 0.29) is 10.5 Å². The summed E-state index contributed by atoms with van der Waals surface area (Å²) in [5.41, 5.74) is 0. The highest BCUT2D eigenvalue weighted by molar-refractivity contribution is 8.77. The minimum atomic E-state index is -1.51. The quantitative estimate of drug-likeness (QED) is 0.544. The van der Waals surface area contributed by atoms with Crippen LogP contribution in [0.1, 0.15) is 20.8 Å². The molecule has 0 saturated heterocycles. The number of carbonyl (C=O) groups is 1. The average molecular weight is 226 g/mol. The Bertz CT molecular complexity index is 168. The van der Waals surface area contributed by atoms with Gasteiger partial charge in [-0.25, -0.2) is 9.18 Å². The van der Waals surface area contributed by atoms with E-state index in [0.29, 0.717) is 0 Å². The Balaban J connectivity index is 3.59. The van der Waals surface area contributed by atoms with Crippen molar-refractivity contribution in [3.8, 4) is 0 Å². The van der Waals surface area contributed by atoms with Crippen molar-refractivity contribution in [3.63, 3.8) is 0 Å². The molecule has 0 radical (unpaired) electrons. The van der Waals surface area contributed by atoms with Gasteiger partial charge in [0.25, 0.3) is 0 Å². The van der Waals surface area contributed by atoms with Crippen LogP contribution in [0.4, 0.5) is 4.39 Å². The minimum Gasteiger partial charge on any atom is -0.467 e. The number of hydrogen-bond acceptors (Lipinski definition) is 4. The first-order valence-electron chi connectivity index (χ1n) is 3.89. The van der Waals surface area contributed by atoms with Crippen LogP contribution in [0.5, 0.6) is 0 Å². The van der Waals surface area contributed by atoms with E-state index >= 15 is 0 Å². The summed E-state index contributed by atoms with van der Waals surface area (Å²) in [5, 5.41) is 0. The second-order valence-electron chi connectivity index (χ2n) is 3.47. The maximum atomic E-state index is 12.9. The molecule has 0 aromatic rings. The van der Waals surface area contributed by atoms with E-state index < -0.39 is 12.1 Å². The lowest BCUT2D eigenvalue weighted by Gasteiger charge is -2.16. The van der Waals surface area contributed by atoms with Crippen molar-refractivity contribution >= 4 is 27.6 Å². The summed E-state index contributed by atoms with van der Waals surface area (Å²) < 4.78 is 17.2. The second-order valence-corrected chi connectivity index (χ2v) is 6.64. The number of esters is 1. The van der Waals surface area contributed by atoms with Crippen LogP contribution in [0.2, 0.25) is 0 Å². The molecule has 0 N–H and O–H groups in total. The molecule has 1 atom stereocenters. The first-order chi connectivity index (χ1) is 5.87. The molecule has 78 valence electrons. The third kappa shape index (κ3) is 7.19. The fraction of sp³-hybridized carbons (Fsp3) is 0.875. The Morgan fingerprint density at radius 2 is 2.08 bits per heavy atom. The zero-order valence-corrected chi connectivity index (χ0v) is 9.93. The number of methoxy groups -OCH3 is 1. The Labute approximate surface area is 86.4 Å². The predicted octanol–water partition coefficient (Wildman–Crippen LogP) is 2.68. The van der Waals surface area contributed by atoms with Gasteiger partial charge >= 0.3 is 5.97 Å². The molecular weight excluding hydrogens is 211 g/mol. The highest BCUT2D eigenvalue weighted by atomic mass is 33.1. The second kappa shape index (κ2) is 5.75. The molecule has 5 heteroatoms. The van der Waals surface area contributed by atoms with Gasteiger partial charge < -0.3 is 4.74 Å². The first-order valence-corrected chi connectivity index (χ1v) is 6.21. The van der Waals surface area contributed by atoms with Crippen LogP contribution in [0.15, 0.2) is 0 Å². The Morgan fingerprint density at radius 1 is 1.54 bits per heavy atom. The van der Waals surface area contributed by atoms with Gasteiger partial charge in [-0.3, -0.25) is 0 Å². The summed E-state index contributed by atoms with van der Waals surface area (Å²) in [6, 6.07) is 0. The molecule has 2 nitrogen and oxygen atoms in total. The summed E-state index contributed by atoms with van der Waals surface area (Å²) >= 11 is 0. The summed E-state index contributed by atoms with van der Waals surface area (Å²) in [7, 11) is 4.10. The molecule has 0 amide bonds. The number of ether oxygens (including phenoxy) is 1. The number of carbonyl (C=O) groups excluding carboxylic acids is 1. The number of halogens is 1. The molecule has 0 heterocycles. The van der Waals surface area contributed by atoms with Crippen molar-refractivity contribution in [1.29, 1.82) is 0 Å². The lowest BCUT2D eigenvalue weighted by molar-refractivity contribution is -0.145. The zero-order valence-electron chi connectivity index (χ0n) is 8.30. The third-order valence-electron chi connectivity index (χ3n) is 0.980. The molecule has 0 rings (SSSR count). The zero-order chi connectivity index (χ0) is 10.5. The van der Waals surface area contributed by atoms with Gasteiger partial charge in [0.2, 0.25) is 6.17 Å². The van der Waals surface area contributed by atoms with E-state index in [1.54, 1.807) is 10.8 Å². The molecule has 0 aliphatic carbocycles. The molecule has 13 heavy (non-hydrogen) atoms. The lowest BCUT2D eigenvalue weighted by Crippen LogP contribution is -2.19. The Morgan fingerprint density at radius 3 is 2.46 bits per heavy atom. The van der Waals surface area contributed by atoms with E-state index in [0.717, 1.165) is 0 Å². The standard InChI is InChI=1S/C8H15FO2S2/c1-8(2,3)13-12-5-6(9)7(10)11-4/h6H,5H2,1-4H3. The van der Waals surface area contributed by atoms with E-state index in [4.69, 9.17) is 0 Å². The normalized spacial score (nSPS) is 13.9. The summed E-state index contributed by atoms with van der Waals surface area (Å²) in [6.07, 6.45) is -1.51. The van der Waals surface area contributed by atoms with Gasteiger partial charge in [0, 0.05) is 10.5 Å². The largest absolute Gasteiger partial charge is 0.467 e. The van der Waals surface area contributed by atoms with Crippen LogP contribution < -0.4 is 0 Å². The molecular formula is C8H15FO2S2. The van der Waals surface area contributed by atoms with Crippen LogP contribution in [0.3, 0.4) is 0 Å². The van der Waals surface area contributed by atoms with E-state index in [9.17, 15) is 9.18 Å². The Kier molecular flexibility index (Phi) is 5.80. The van der Waals surface area contributed by atoms with Crippen LogP contribution >= 0.6 is 21.6 Å². The molecule has 1 unspecified atom stereocenters. The lowest BCUT2D eigenvalue weighted by atomic mass is 10.3. The van der Waals surface area contributed by atoms with Gasteiger partial charge in [-0.15, -0.1) is 0 Å². The molecule has 0 aromatic heterocycles. The summed E-state index contributed by atoms with van der Waals surface area (Å²) in [5.74, 6) is -0.642. The maximum absolute atomic E-state index is 12.9. The third-order valence-corrected chi connectivity index (χ3v) is 4.29. The summed E-state index contributed by atoms with van der Waals surface area (Å²) in [6.45, 7) is 6.11. The van der Waals surface area contributed by atoms with Gasteiger partial charge in [0.05, 0.1) is 7.11 Å². The van der Waals surface area contributed by atoms with Crippen LogP contribution in [-0.4, -0.2) is 29.8 Å². The number of hydrogen-bond donors (Lipinski definition) is 0. The van der Waals surface area contributed by atoms with Gasteiger partial charge in [0.15, 0.2) is 0 Å². The van der Waals surface area contributed by atoms with E-state index in [2.05, 4.69) is 4.74 Å². The summed E-state index contributed by atoms with van der Waals surface area (Å²) in [4.78, 5) is 10.6. The number of alkyl halides is 1. The first kappa shape index (κ1) is 13.1. The van der Waals surface area contributed by atoms with Crippen LogP contribution in [0, 0.1) is 0 Å². The fourth-order valence-corrected chi connectivity index (χ4v) is 2.77. The van der Waals surface area contributed by atoms with Crippen molar-refractivity contribution in [2.75, 3.05) is 12.9 Å². The highest BCUT2D eigenvalue weighted by Crippen LogP contribution is 2.35. The van der Waals surface area contributed by atoms with Crippen LogP contribution in [-0.2, 0) is 9.53 Å². The molecule has 0 aliphatic heterocycles.